The quantitative estimate of drug-likeness (QED) is 0.770. The van der Waals surface area contributed by atoms with E-state index in [0.717, 1.165) is 23.9 Å². The summed E-state index contributed by atoms with van der Waals surface area (Å²) in [5, 5.41) is 6.92. The smallest absolute Gasteiger partial charge is 0.363 e. The maximum atomic E-state index is 13.7. The minimum Gasteiger partial charge on any atom is -0.363 e. The Bertz CT molecular complexity index is 856. The Hall–Kier alpha value is -2.58. The van der Waals surface area contributed by atoms with Crippen LogP contribution in [-0.2, 0) is 0 Å². The average Bonchev–Trinajstić information content (AvgIpc) is 3.11. The summed E-state index contributed by atoms with van der Waals surface area (Å²) in [5.41, 5.74) is 0.669. The van der Waals surface area contributed by atoms with Gasteiger partial charge in [-0.05, 0) is 37.0 Å². The molecular formula is C19H20F4N4O. The van der Waals surface area contributed by atoms with Gasteiger partial charge in [0.2, 0.25) is 0 Å². The zero-order valence-corrected chi connectivity index (χ0v) is 15.0. The zero-order chi connectivity index (χ0) is 19.9. The lowest BCUT2D eigenvalue weighted by Gasteiger charge is -2.34. The molecule has 5 nitrogen and oxygen atoms in total. The van der Waals surface area contributed by atoms with Crippen LogP contribution in [0.15, 0.2) is 30.5 Å². The molecule has 0 radical (unpaired) electrons. The Balaban J connectivity index is 1.70. The molecule has 150 valence electrons. The van der Waals surface area contributed by atoms with Gasteiger partial charge in [-0.2, -0.15) is 18.3 Å². The lowest BCUT2D eigenvalue weighted by atomic mass is 9.96. The average molecular weight is 396 g/mol. The number of hydrogen-bond donors (Lipinski definition) is 1. The third kappa shape index (κ3) is 3.45. The molecule has 2 atom stereocenters. The van der Waals surface area contributed by atoms with Crippen molar-refractivity contribution >= 4 is 11.7 Å². The van der Waals surface area contributed by atoms with Gasteiger partial charge >= 0.3 is 6.18 Å². The topological polar surface area (TPSA) is 50.2 Å². The van der Waals surface area contributed by atoms with Crippen LogP contribution < -0.4 is 5.32 Å². The van der Waals surface area contributed by atoms with Gasteiger partial charge in [-0.15, -0.1) is 0 Å². The predicted molar refractivity (Wildman–Crippen MR) is 94.5 cm³/mol. The number of carbonyl (C=O) groups excluding carboxylic acids is 1. The van der Waals surface area contributed by atoms with Gasteiger partial charge in [-0.3, -0.25) is 4.79 Å². The SMILES string of the molecule is O=C(c1cnn2c1N[C@@H](c1ccc(F)cc1)C[C@H]2C(F)(F)F)N1CCCCC1. The van der Waals surface area contributed by atoms with Crippen LogP contribution in [0.2, 0.25) is 0 Å². The number of aromatic nitrogens is 2. The molecule has 1 amide bonds. The van der Waals surface area contributed by atoms with Gasteiger partial charge < -0.3 is 10.2 Å². The van der Waals surface area contributed by atoms with E-state index in [2.05, 4.69) is 10.4 Å². The van der Waals surface area contributed by atoms with Crippen LogP contribution in [-0.4, -0.2) is 39.9 Å². The molecule has 2 aliphatic rings. The van der Waals surface area contributed by atoms with E-state index in [1.807, 2.05) is 0 Å². The van der Waals surface area contributed by atoms with E-state index >= 15 is 0 Å². The normalized spacial score (nSPS) is 22.5. The molecule has 1 N–H and O–H groups in total. The second-order valence-electron chi connectivity index (χ2n) is 7.25. The third-order valence-corrected chi connectivity index (χ3v) is 5.38. The van der Waals surface area contributed by atoms with E-state index in [1.165, 1.54) is 30.5 Å². The van der Waals surface area contributed by atoms with E-state index in [4.69, 9.17) is 0 Å². The van der Waals surface area contributed by atoms with Gasteiger partial charge in [0.25, 0.3) is 5.91 Å². The number of benzene rings is 1. The highest BCUT2D eigenvalue weighted by molar-refractivity contribution is 5.99. The maximum absolute atomic E-state index is 13.7. The van der Waals surface area contributed by atoms with E-state index in [-0.39, 0.29) is 23.7 Å². The molecular weight excluding hydrogens is 376 g/mol. The standard InChI is InChI=1S/C19H20F4N4O/c20-13-6-4-12(5-7-13)15-10-16(19(21,22)23)27-17(25-15)14(11-24-27)18(28)26-8-2-1-3-9-26/h4-7,11,15-16,25H,1-3,8-10H2/t15-,16+/m1/s1. The number of rotatable bonds is 2. The Morgan fingerprint density at radius 2 is 1.79 bits per heavy atom. The molecule has 1 aromatic heterocycles. The molecule has 1 fully saturated rings. The Kier molecular flexibility index (Phi) is 4.76. The highest BCUT2D eigenvalue weighted by Gasteiger charge is 2.47. The summed E-state index contributed by atoms with van der Waals surface area (Å²) < 4.78 is 55.2. The van der Waals surface area contributed by atoms with Crippen molar-refractivity contribution in [2.24, 2.45) is 0 Å². The first kappa shape index (κ1) is 18.8. The molecule has 2 aromatic rings. The van der Waals surface area contributed by atoms with E-state index in [9.17, 15) is 22.4 Å². The second-order valence-corrected chi connectivity index (χ2v) is 7.25. The van der Waals surface area contributed by atoms with Crippen LogP contribution in [0.3, 0.4) is 0 Å². The second kappa shape index (κ2) is 7.10. The van der Waals surface area contributed by atoms with Crippen molar-refractivity contribution in [2.45, 2.75) is 43.9 Å². The van der Waals surface area contributed by atoms with Crippen molar-refractivity contribution in [3.63, 3.8) is 0 Å². The lowest BCUT2D eigenvalue weighted by molar-refractivity contribution is -0.173. The van der Waals surface area contributed by atoms with Crippen molar-refractivity contribution in [3.8, 4) is 0 Å². The molecule has 0 aliphatic carbocycles. The molecule has 2 aliphatic heterocycles. The summed E-state index contributed by atoms with van der Waals surface area (Å²) in [7, 11) is 0. The Morgan fingerprint density at radius 3 is 2.43 bits per heavy atom. The number of anilines is 1. The van der Waals surface area contributed by atoms with Crippen molar-refractivity contribution in [1.29, 1.82) is 0 Å². The van der Waals surface area contributed by atoms with E-state index < -0.39 is 24.1 Å². The molecule has 9 heteroatoms. The fourth-order valence-electron chi connectivity index (χ4n) is 3.90. The number of nitrogens with one attached hydrogen (secondary N) is 1. The molecule has 0 bridgehead atoms. The summed E-state index contributed by atoms with van der Waals surface area (Å²) in [6, 6.07) is 2.78. The first-order chi connectivity index (χ1) is 13.3. The largest absolute Gasteiger partial charge is 0.410 e. The molecule has 0 saturated carbocycles. The molecule has 0 spiro atoms. The number of fused-ring (bicyclic) bond motifs is 1. The first-order valence-electron chi connectivity index (χ1n) is 9.30. The zero-order valence-electron chi connectivity index (χ0n) is 15.0. The number of likely N-dealkylation sites (tertiary alicyclic amines) is 1. The summed E-state index contributed by atoms with van der Waals surface area (Å²) >= 11 is 0. The minimum absolute atomic E-state index is 0.0680. The van der Waals surface area contributed by atoms with Crippen molar-refractivity contribution < 1.29 is 22.4 Å². The predicted octanol–water partition coefficient (Wildman–Crippen LogP) is 4.31. The molecule has 28 heavy (non-hydrogen) atoms. The summed E-state index contributed by atoms with van der Waals surface area (Å²) in [5.74, 6) is -0.703. The monoisotopic (exact) mass is 396 g/mol. The maximum Gasteiger partial charge on any atom is 0.410 e. The highest BCUT2D eigenvalue weighted by atomic mass is 19.4. The number of alkyl halides is 3. The van der Waals surface area contributed by atoms with Crippen LogP contribution in [0.5, 0.6) is 0 Å². The van der Waals surface area contributed by atoms with Crippen LogP contribution in [0, 0.1) is 5.82 Å². The number of halogens is 4. The van der Waals surface area contributed by atoms with Crippen LogP contribution in [0.4, 0.5) is 23.4 Å². The summed E-state index contributed by atoms with van der Waals surface area (Å²) in [6.07, 6.45) is -0.798. The number of piperidine rings is 1. The van der Waals surface area contributed by atoms with Gasteiger partial charge in [0.05, 0.1) is 12.2 Å². The van der Waals surface area contributed by atoms with Crippen molar-refractivity contribution in [1.82, 2.24) is 14.7 Å². The van der Waals surface area contributed by atoms with Gasteiger partial charge in [-0.1, -0.05) is 12.1 Å². The number of hydrogen-bond acceptors (Lipinski definition) is 3. The lowest BCUT2D eigenvalue weighted by Crippen LogP contribution is -2.38. The van der Waals surface area contributed by atoms with Gasteiger partial charge in [0, 0.05) is 19.5 Å². The van der Waals surface area contributed by atoms with E-state index in [0.29, 0.717) is 18.7 Å². The van der Waals surface area contributed by atoms with Gasteiger partial charge in [0.1, 0.15) is 17.2 Å². The molecule has 1 saturated heterocycles. The number of amides is 1. The Labute approximate surface area is 159 Å². The summed E-state index contributed by atoms with van der Waals surface area (Å²) in [4.78, 5) is 14.5. The van der Waals surface area contributed by atoms with Crippen LogP contribution in [0.1, 0.15) is 53.7 Å². The fourth-order valence-corrected chi connectivity index (χ4v) is 3.90. The Morgan fingerprint density at radius 1 is 1.11 bits per heavy atom. The molecule has 1 aromatic carbocycles. The minimum atomic E-state index is -4.52. The molecule has 3 heterocycles. The van der Waals surface area contributed by atoms with E-state index in [1.54, 1.807) is 4.90 Å². The van der Waals surface area contributed by atoms with Crippen molar-refractivity contribution in [2.75, 3.05) is 18.4 Å². The van der Waals surface area contributed by atoms with Gasteiger partial charge in [0.15, 0.2) is 6.04 Å². The number of nitrogens with zero attached hydrogens (tertiary/aromatic N) is 3. The third-order valence-electron chi connectivity index (χ3n) is 5.38. The van der Waals surface area contributed by atoms with Gasteiger partial charge in [-0.25, -0.2) is 9.07 Å². The van der Waals surface area contributed by atoms with Crippen molar-refractivity contribution in [3.05, 3.63) is 47.4 Å². The molecule has 4 rings (SSSR count). The van der Waals surface area contributed by atoms with Crippen LogP contribution >= 0.6 is 0 Å². The fraction of sp³-hybridized carbons (Fsp3) is 0.474. The highest BCUT2D eigenvalue weighted by Crippen LogP contribution is 2.44. The summed E-state index contributed by atoms with van der Waals surface area (Å²) in [6.45, 7) is 1.18. The van der Waals surface area contributed by atoms with Crippen LogP contribution in [0.25, 0.3) is 0 Å². The first-order valence-corrected chi connectivity index (χ1v) is 9.30. The number of carbonyl (C=O) groups is 1. The molecule has 0 unspecified atom stereocenters.